The highest BCUT2D eigenvalue weighted by molar-refractivity contribution is 5.75. The lowest BCUT2D eigenvalue weighted by Gasteiger charge is -2.23. The fraction of sp³-hybridized carbons (Fsp3) is 0.280. The first-order valence-corrected chi connectivity index (χ1v) is 9.97. The van der Waals surface area contributed by atoms with Gasteiger partial charge in [-0.05, 0) is 75.5 Å². The minimum atomic E-state index is -4.41. The third-order valence-corrected chi connectivity index (χ3v) is 5.41. The van der Waals surface area contributed by atoms with Gasteiger partial charge >= 0.3 is 6.18 Å². The van der Waals surface area contributed by atoms with Crippen LogP contribution in [0.1, 0.15) is 53.1 Å². The van der Waals surface area contributed by atoms with Gasteiger partial charge in [-0.2, -0.15) is 13.2 Å². The van der Waals surface area contributed by atoms with Gasteiger partial charge in [-0.3, -0.25) is 0 Å². The number of hydrogen-bond donors (Lipinski definition) is 2. The van der Waals surface area contributed by atoms with E-state index >= 15 is 0 Å². The first-order chi connectivity index (χ1) is 14.7. The van der Waals surface area contributed by atoms with E-state index in [-0.39, 0.29) is 19.1 Å². The largest absolute Gasteiger partial charge is 0.416 e. The number of benzene rings is 3. The molecule has 0 aliphatic rings. The first-order valence-electron chi connectivity index (χ1n) is 9.97. The molecule has 0 bridgehead atoms. The summed E-state index contributed by atoms with van der Waals surface area (Å²) in [6.45, 7) is 3.37. The van der Waals surface area contributed by atoms with Crippen LogP contribution in [0.15, 0.2) is 54.6 Å². The van der Waals surface area contributed by atoms with Gasteiger partial charge in [0.25, 0.3) is 0 Å². The molecule has 0 aliphatic carbocycles. The molecule has 0 spiro atoms. The van der Waals surface area contributed by atoms with Crippen molar-refractivity contribution in [2.45, 2.75) is 45.6 Å². The van der Waals surface area contributed by atoms with Gasteiger partial charge in [0.15, 0.2) is 0 Å². The van der Waals surface area contributed by atoms with Crippen LogP contribution in [0.4, 0.5) is 17.6 Å². The van der Waals surface area contributed by atoms with Crippen LogP contribution in [0.2, 0.25) is 0 Å². The van der Waals surface area contributed by atoms with E-state index in [1.165, 1.54) is 24.3 Å². The molecule has 2 N–H and O–H groups in total. The average molecular weight is 432 g/mol. The molecule has 0 amide bonds. The molecule has 6 heteroatoms. The highest BCUT2D eigenvalue weighted by Gasteiger charge is 2.30. The van der Waals surface area contributed by atoms with Gasteiger partial charge < -0.3 is 10.2 Å². The van der Waals surface area contributed by atoms with E-state index in [2.05, 4.69) is 0 Å². The molecule has 0 saturated heterocycles. The van der Waals surface area contributed by atoms with E-state index in [0.717, 1.165) is 23.3 Å². The zero-order chi connectivity index (χ0) is 22.8. The van der Waals surface area contributed by atoms with E-state index < -0.39 is 17.6 Å². The summed E-state index contributed by atoms with van der Waals surface area (Å²) in [7, 11) is 0. The Balaban J connectivity index is 2.22. The summed E-state index contributed by atoms with van der Waals surface area (Å²) >= 11 is 0. The Kier molecular flexibility index (Phi) is 6.82. The van der Waals surface area contributed by atoms with Crippen molar-refractivity contribution in [1.82, 2.24) is 0 Å². The standard InChI is InChI=1S/C25H24F4O2/c1-15(2)21-12-18(13-30)23(14-31)24(17-5-9-20(26)10-6-17)22(21)11-16-3-7-19(8-4-16)25(27,28)29/h3-10,12,15,30-31H,11,13-14H2,1-2H3. The number of halogens is 4. The molecule has 3 aromatic carbocycles. The predicted molar refractivity (Wildman–Crippen MR) is 112 cm³/mol. The Morgan fingerprint density at radius 2 is 1.45 bits per heavy atom. The number of alkyl halides is 3. The summed E-state index contributed by atoms with van der Waals surface area (Å²) in [6, 6.07) is 12.7. The van der Waals surface area contributed by atoms with Gasteiger partial charge in [0, 0.05) is 0 Å². The van der Waals surface area contributed by atoms with E-state index in [1.54, 1.807) is 12.1 Å². The quantitative estimate of drug-likeness (QED) is 0.455. The lowest BCUT2D eigenvalue weighted by atomic mass is 9.82. The van der Waals surface area contributed by atoms with E-state index in [9.17, 15) is 27.8 Å². The zero-order valence-electron chi connectivity index (χ0n) is 17.3. The van der Waals surface area contributed by atoms with Crippen LogP contribution >= 0.6 is 0 Å². The topological polar surface area (TPSA) is 40.5 Å². The first kappa shape index (κ1) is 23.0. The van der Waals surface area contributed by atoms with Gasteiger partial charge in [0.1, 0.15) is 5.82 Å². The zero-order valence-corrected chi connectivity index (χ0v) is 17.3. The molecule has 0 radical (unpaired) electrons. The molecule has 0 saturated carbocycles. The maximum absolute atomic E-state index is 13.5. The Morgan fingerprint density at radius 3 is 1.94 bits per heavy atom. The molecule has 0 aromatic heterocycles. The van der Waals surface area contributed by atoms with Crippen LogP contribution in [0.5, 0.6) is 0 Å². The summed E-state index contributed by atoms with van der Waals surface area (Å²) in [6.07, 6.45) is -4.08. The van der Waals surface area contributed by atoms with Crippen molar-refractivity contribution in [3.05, 3.63) is 93.8 Å². The Hall–Kier alpha value is -2.70. The molecular formula is C25H24F4O2. The predicted octanol–water partition coefficient (Wildman–Crippen LogP) is 6.21. The monoisotopic (exact) mass is 432 g/mol. The molecule has 0 aliphatic heterocycles. The molecular weight excluding hydrogens is 408 g/mol. The van der Waals surface area contributed by atoms with Crippen molar-refractivity contribution in [1.29, 1.82) is 0 Å². The van der Waals surface area contributed by atoms with Gasteiger partial charge in [-0.1, -0.05) is 44.2 Å². The van der Waals surface area contributed by atoms with Crippen LogP contribution < -0.4 is 0 Å². The van der Waals surface area contributed by atoms with Gasteiger partial charge in [0.05, 0.1) is 18.8 Å². The van der Waals surface area contributed by atoms with Crippen LogP contribution in [0, 0.1) is 5.82 Å². The fourth-order valence-corrected chi connectivity index (χ4v) is 3.86. The van der Waals surface area contributed by atoms with E-state index in [0.29, 0.717) is 34.2 Å². The van der Waals surface area contributed by atoms with Gasteiger partial charge in [0.2, 0.25) is 0 Å². The Bertz CT molecular complexity index is 1040. The number of hydrogen-bond acceptors (Lipinski definition) is 2. The Morgan fingerprint density at radius 1 is 0.839 bits per heavy atom. The summed E-state index contributed by atoms with van der Waals surface area (Å²) < 4.78 is 52.3. The third kappa shape index (κ3) is 4.97. The second kappa shape index (κ2) is 9.20. The molecule has 3 aromatic rings. The summed E-state index contributed by atoms with van der Waals surface area (Å²) in [4.78, 5) is 0. The average Bonchev–Trinajstić information content (AvgIpc) is 2.73. The van der Waals surface area contributed by atoms with Gasteiger partial charge in [-0.15, -0.1) is 0 Å². The minimum Gasteiger partial charge on any atom is -0.392 e. The number of rotatable bonds is 6. The normalized spacial score (nSPS) is 11.9. The third-order valence-electron chi connectivity index (χ3n) is 5.41. The molecule has 2 nitrogen and oxygen atoms in total. The molecule has 0 fully saturated rings. The van der Waals surface area contributed by atoms with Crippen LogP contribution in [-0.4, -0.2) is 10.2 Å². The molecule has 0 atom stereocenters. The highest BCUT2D eigenvalue weighted by Crippen LogP contribution is 2.38. The second-order valence-electron chi connectivity index (χ2n) is 7.81. The second-order valence-corrected chi connectivity index (χ2v) is 7.81. The van der Waals surface area contributed by atoms with E-state index in [4.69, 9.17) is 0 Å². The van der Waals surface area contributed by atoms with Crippen molar-refractivity contribution in [3.63, 3.8) is 0 Å². The lowest BCUT2D eigenvalue weighted by Crippen LogP contribution is -2.09. The van der Waals surface area contributed by atoms with Crippen molar-refractivity contribution >= 4 is 0 Å². The molecule has 0 unspecified atom stereocenters. The highest BCUT2D eigenvalue weighted by atomic mass is 19.4. The molecule has 0 heterocycles. The summed E-state index contributed by atoms with van der Waals surface area (Å²) in [5.41, 5.74) is 4.16. The molecule has 31 heavy (non-hydrogen) atoms. The maximum Gasteiger partial charge on any atom is 0.416 e. The van der Waals surface area contributed by atoms with Crippen LogP contribution in [-0.2, 0) is 25.8 Å². The maximum atomic E-state index is 13.5. The minimum absolute atomic E-state index is 0.0571. The number of aliphatic hydroxyl groups is 2. The summed E-state index contributed by atoms with van der Waals surface area (Å²) in [5, 5.41) is 20.0. The van der Waals surface area contributed by atoms with E-state index in [1.807, 2.05) is 19.9 Å². The fourth-order valence-electron chi connectivity index (χ4n) is 3.86. The molecule has 3 rings (SSSR count). The lowest BCUT2D eigenvalue weighted by molar-refractivity contribution is -0.137. The summed E-state index contributed by atoms with van der Waals surface area (Å²) in [5.74, 6) is -0.345. The van der Waals surface area contributed by atoms with Crippen molar-refractivity contribution in [3.8, 4) is 11.1 Å². The van der Waals surface area contributed by atoms with Crippen LogP contribution in [0.3, 0.4) is 0 Å². The smallest absolute Gasteiger partial charge is 0.392 e. The number of aliphatic hydroxyl groups excluding tert-OH is 2. The SMILES string of the molecule is CC(C)c1cc(CO)c(CO)c(-c2ccc(F)cc2)c1Cc1ccc(C(F)(F)F)cc1. The van der Waals surface area contributed by atoms with Crippen molar-refractivity contribution in [2.75, 3.05) is 0 Å². The van der Waals surface area contributed by atoms with Crippen molar-refractivity contribution in [2.24, 2.45) is 0 Å². The van der Waals surface area contributed by atoms with Crippen LogP contribution in [0.25, 0.3) is 11.1 Å². The van der Waals surface area contributed by atoms with Crippen molar-refractivity contribution < 1.29 is 27.8 Å². The van der Waals surface area contributed by atoms with Gasteiger partial charge in [-0.25, -0.2) is 4.39 Å². The molecule has 164 valence electrons. The Labute approximate surface area is 178 Å².